The Morgan fingerprint density at radius 1 is 0.963 bits per heavy atom. The highest BCUT2D eigenvalue weighted by atomic mass is 16.5. The smallest absolute Gasteiger partial charge is 0.236 e. The monoisotopic (exact) mass is 373 g/mol. The number of rotatable bonds is 4. The van der Waals surface area contributed by atoms with Crippen molar-refractivity contribution >= 4 is 5.91 Å². The Balaban J connectivity index is 1.22. The third-order valence-corrected chi connectivity index (χ3v) is 5.97. The minimum absolute atomic E-state index is 0.254. The molecule has 2 saturated heterocycles. The highest BCUT2D eigenvalue weighted by Gasteiger charge is 2.25. The van der Waals surface area contributed by atoms with Crippen molar-refractivity contribution in [2.45, 2.75) is 12.8 Å². The van der Waals surface area contributed by atoms with Gasteiger partial charge in [0.1, 0.15) is 5.75 Å². The van der Waals surface area contributed by atoms with E-state index in [0.717, 1.165) is 71.0 Å². The Hall–Kier alpha value is -1.63. The molecule has 0 aliphatic carbocycles. The van der Waals surface area contributed by atoms with Crippen molar-refractivity contribution < 1.29 is 14.3 Å². The predicted octanol–water partition coefficient (Wildman–Crippen LogP) is 1.10. The Morgan fingerprint density at radius 3 is 2.52 bits per heavy atom. The second-order valence-corrected chi connectivity index (χ2v) is 7.88. The maximum Gasteiger partial charge on any atom is 0.236 e. The Bertz CT molecular complexity index is 625. The van der Waals surface area contributed by atoms with E-state index < -0.39 is 0 Å². The Morgan fingerprint density at radius 2 is 1.70 bits per heavy atom. The summed E-state index contributed by atoms with van der Waals surface area (Å²) >= 11 is 0. The lowest BCUT2D eigenvalue weighted by atomic mass is 9.96. The summed E-state index contributed by atoms with van der Waals surface area (Å²) in [6, 6.07) is 8.44. The number of nitrogens with zero attached hydrogens (tertiary/aromatic N) is 3. The molecule has 0 saturated carbocycles. The van der Waals surface area contributed by atoms with E-state index in [1.807, 2.05) is 4.90 Å². The molecule has 27 heavy (non-hydrogen) atoms. The number of carbonyl (C=O) groups excluding carboxylic acids is 1. The number of benzene rings is 1. The second kappa shape index (κ2) is 9.04. The fourth-order valence-corrected chi connectivity index (χ4v) is 4.32. The van der Waals surface area contributed by atoms with Crippen LogP contribution in [-0.4, -0.2) is 92.8 Å². The van der Waals surface area contributed by atoms with Crippen molar-refractivity contribution in [1.82, 2.24) is 14.7 Å². The molecule has 0 radical (unpaired) electrons. The van der Waals surface area contributed by atoms with Crippen molar-refractivity contribution in [3.63, 3.8) is 0 Å². The molecule has 148 valence electrons. The number of hydrogen-bond acceptors (Lipinski definition) is 5. The Labute approximate surface area is 162 Å². The van der Waals surface area contributed by atoms with Crippen LogP contribution in [0.5, 0.6) is 5.75 Å². The number of para-hydroxylation sites is 1. The van der Waals surface area contributed by atoms with Crippen molar-refractivity contribution in [2.75, 3.05) is 72.2 Å². The Kier molecular flexibility index (Phi) is 6.27. The SMILES string of the molecule is O=C(CN1CCN(C[C@@H]2CCOc3ccccc3C2)CC1)N1CCOCC1. The van der Waals surface area contributed by atoms with E-state index in [2.05, 4.69) is 34.1 Å². The molecule has 3 heterocycles. The first-order valence-electron chi connectivity index (χ1n) is 10.3. The van der Waals surface area contributed by atoms with E-state index in [4.69, 9.17) is 9.47 Å². The van der Waals surface area contributed by atoms with Gasteiger partial charge in [0, 0.05) is 45.8 Å². The molecule has 0 spiro atoms. The molecule has 1 aromatic rings. The minimum Gasteiger partial charge on any atom is -0.493 e. The third kappa shape index (κ3) is 5.00. The van der Waals surface area contributed by atoms with E-state index in [0.29, 0.717) is 25.7 Å². The normalized spacial score (nSPS) is 24.7. The third-order valence-electron chi connectivity index (χ3n) is 5.97. The quantitative estimate of drug-likeness (QED) is 0.791. The molecule has 1 amide bonds. The van der Waals surface area contributed by atoms with E-state index in [-0.39, 0.29) is 5.91 Å². The largest absolute Gasteiger partial charge is 0.493 e. The van der Waals surface area contributed by atoms with Gasteiger partial charge in [0.15, 0.2) is 0 Å². The molecule has 3 aliphatic rings. The fourth-order valence-electron chi connectivity index (χ4n) is 4.32. The maximum absolute atomic E-state index is 12.4. The van der Waals surface area contributed by atoms with Crippen LogP contribution in [0.1, 0.15) is 12.0 Å². The molecule has 6 heteroatoms. The molecule has 1 atom stereocenters. The van der Waals surface area contributed by atoms with Gasteiger partial charge in [-0.2, -0.15) is 0 Å². The summed E-state index contributed by atoms with van der Waals surface area (Å²) < 4.78 is 11.2. The van der Waals surface area contributed by atoms with Crippen LogP contribution in [0.15, 0.2) is 24.3 Å². The lowest BCUT2D eigenvalue weighted by Gasteiger charge is -2.37. The molecular formula is C21H31N3O3. The van der Waals surface area contributed by atoms with Crippen molar-refractivity contribution in [1.29, 1.82) is 0 Å². The van der Waals surface area contributed by atoms with Gasteiger partial charge < -0.3 is 19.3 Å². The predicted molar refractivity (Wildman–Crippen MR) is 104 cm³/mol. The zero-order valence-corrected chi connectivity index (χ0v) is 16.1. The molecule has 0 unspecified atom stereocenters. The van der Waals surface area contributed by atoms with Gasteiger partial charge in [0.05, 0.1) is 26.4 Å². The van der Waals surface area contributed by atoms with Crippen LogP contribution < -0.4 is 4.74 Å². The zero-order chi connectivity index (χ0) is 18.5. The van der Waals surface area contributed by atoms with E-state index in [1.54, 1.807) is 0 Å². The van der Waals surface area contributed by atoms with E-state index >= 15 is 0 Å². The lowest BCUT2D eigenvalue weighted by Crippen LogP contribution is -2.52. The molecule has 6 nitrogen and oxygen atoms in total. The van der Waals surface area contributed by atoms with Crippen LogP contribution in [0.3, 0.4) is 0 Å². The molecule has 0 aromatic heterocycles. The molecular weight excluding hydrogens is 342 g/mol. The van der Waals surface area contributed by atoms with Crippen LogP contribution in [0.2, 0.25) is 0 Å². The minimum atomic E-state index is 0.254. The molecule has 0 bridgehead atoms. The summed E-state index contributed by atoms with van der Waals surface area (Å²) in [5, 5.41) is 0. The summed E-state index contributed by atoms with van der Waals surface area (Å²) in [7, 11) is 0. The maximum atomic E-state index is 12.4. The van der Waals surface area contributed by atoms with Crippen LogP contribution in [0, 0.1) is 5.92 Å². The standard InChI is InChI=1S/C21H31N3O3/c25-21(24-10-13-26-14-11-24)17-23-8-6-22(7-9-23)16-18-5-12-27-20-4-2-1-3-19(20)15-18/h1-4,18H,5-17H2/t18-/m1/s1. The van der Waals surface area contributed by atoms with Crippen molar-refractivity contribution in [2.24, 2.45) is 5.92 Å². The number of fused-ring (bicyclic) bond motifs is 1. The topological polar surface area (TPSA) is 45.2 Å². The zero-order valence-electron chi connectivity index (χ0n) is 16.1. The van der Waals surface area contributed by atoms with E-state index in [1.165, 1.54) is 5.56 Å². The van der Waals surface area contributed by atoms with E-state index in [9.17, 15) is 4.79 Å². The second-order valence-electron chi connectivity index (χ2n) is 7.88. The van der Waals surface area contributed by atoms with Crippen LogP contribution in [0.4, 0.5) is 0 Å². The number of carbonyl (C=O) groups is 1. The average molecular weight is 373 g/mol. The molecule has 4 rings (SSSR count). The number of hydrogen-bond donors (Lipinski definition) is 0. The number of ether oxygens (including phenoxy) is 2. The first-order valence-corrected chi connectivity index (χ1v) is 10.3. The van der Waals surface area contributed by atoms with Gasteiger partial charge in [-0.25, -0.2) is 0 Å². The van der Waals surface area contributed by atoms with Gasteiger partial charge in [0.25, 0.3) is 0 Å². The average Bonchev–Trinajstić information content (AvgIpc) is 2.92. The highest BCUT2D eigenvalue weighted by molar-refractivity contribution is 5.78. The van der Waals surface area contributed by atoms with Gasteiger partial charge >= 0.3 is 0 Å². The molecule has 1 aromatic carbocycles. The van der Waals surface area contributed by atoms with Gasteiger partial charge in [-0.1, -0.05) is 18.2 Å². The molecule has 2 fully saturated rings. The highest BCUT2D eigenvalue weighted by Crippen LogP contribution is 2.27. The summed E-state index contributed by atoms with van der Waals surface area (Å²) in [5.41, 5.74) is 1.34. The fraction of sp³-hybridized carbons (Fsp3) is 0.667. The molecule has 3 aliphatic heterocycles. The van der Waals surface area contributed by atoms with Gasteiger partial charge in [0.2, 0.25) is 5.91 Å². The van der Waals surface area contributed by atoms with Crippen molar-refractivity contribution in [3.8, 4) is 5.75 Å². The van der Waals surface area contributed by atoms with Crippen LogP contribution in [0.25, 0.3) is 0 Å². The number of piperazine rings is 1. The summed E-state index contributed by atoms with van der Waals surface area (Å²) in [5.74, 6) is 1.96. The summed E-state index contributed by atoms with van der Waals surface area (Å²) in [6.07, 6.45) is 2.22. The number of morpholine rings is 1. The first-order chi connectivity index (χ1) is 13.3. The summed E-state index contributed by atoms with van der Waals surface area (Å²) in [6.45, 7) is 9.39. The van der Waals surface area contributed by atoms with Crippen molar-refractivity contribution in [3.05, 3.63) is 29.8 Å². The lowest BCUT2D eigenvalue weighted by molar-refractivity contribution is -0.136. The molecule has 0 N–H and O–H groups in total. The number of amides is 1. The van der Waals surface area contributed by atoms with Crippen LogP contribution in [-0.2, 0) is 16.0 Å². The van der Waals surface area contributed by atoms with Gasteiger partial charge in [-0.05, 0) is 30.4 Å². The van der Waals surface area contributed by atoms with Crippen LogP contribution >= 0.6 is 0 Å². The summed E-state index contributed by atoms with van der Waals surface area (Å²) in [4.78, 5) is 19.2. The van der Waals surface area contributed by atoms with Gasteiger partial charge in [-0.3, -0.25) is 9.69 Å². The van der Waals surface area contributed by atoms with Gasteiger partial charge in [-0.15, -0.1) is 0 Å². The first kappa shape index (κ1) is 18.7.